The molecule has 0 radical (unpaired) electrons. The molecule has 3 N–H and O–H groups in total. The number of ether oxygens (including phenoxy) is 1. The van der Waals surface area contributed by atoms with Crippen molar-refractivity contribution in [2.24, 2.45) is 10.9 Å². The molecule has 0 aromatic heterocycles. The van der Waals surface area contributed by atoms with Crippen LogP contribution in [0.25, 0.3) is 0 Å². The Morgan fingerprint density at radius 2 is 1.96 bits per heavy atom. The van der Waals surface area contributed by atoms with Gasteiger partial charge in [-0.1, -0.05) is 26.7 Å². The van der Waals surface area contributed by atoms with Crippen molar-refractivity contribution >= 4 is 29.9 Å². The number of rotatable bonds is 8. The van der Waals surface area contributed by atoms with Crippen molar-refractivity contribution in [1.29, 1.82) is 0 Å². The summed E-state index contributed by atoms with van der Waals surface area (Å²) in [6.07, 6.45) is 3.57. The first-order valence-corrected chi connectivity index (χ1v) is 8.29. The number of hydrogen-bond acceptors (Lipinski definition) is 3. The van der Waals surface area contributed by atoms with Crippen molar-refractivity contribution in [2.45, 2.75) is 52.6 Å². The summed E-state index contributed by atoms with van der Waals surface area (Å²) in [4.78, 5) is 4.24. The molecule has 0 saturated heterocycles. The van der Waals surface area contributed by atoms with Crippen LogP contribution >= 0.6 is 24.0 Å². The summed E-state index contributed by atoms with van der Waals surface area (Å²) < 4.78 is 5.19. The second-order valence-electron chi connectivity index (χ2n) is 6.29. The molecule has 0 aliphatic carbocycles. The van der Waals surface area contributed by atoms with Gasteiger partial charge in [0, 0.05) is 25.2 Å². The smallest absolute Gasteiger partial charge is 0.191 e. The highest BCUT2D eigenvalue weighted by molar-refractivity contribution is 14.0. The number of hydrogen-bond donors (Lipinski definition) is 3. The second kappa shape index (κ2) is 12.2. The minimum absolute atomic E-state index is 0. The van der Waals surface area contributed by atoms with Gasteiger partial charge in [-0.2, -0.15) is 0 Å². The van der Waals surface area contributed by atoms with E-state index >= 15 is 0 Å². The van der Waals surface area contributed by atoms with Crippen LogP contribution in [0.4, 0.5) is 0 Å². The highest BCUT2D eigenvalue weighted by Crippen LogP contribution is 2.22. The minimum Gasteiger partial charge on any atom is -0.508 e. The van der Waals surface area contributed by atoms with Gasteiger partial charge in [0.05, 0.1) is 7.11 Å². The molecule has 138 valence electrons. The molecule has 0 spiro atoms. The average molecular weight is 449 g/mol. The van der Waals surface area contributed by atoms with E-state index in [4.69, 9.17) is 4.74 Å². The van der Waals surface area contributed by atoms with Gasteiger partial charge in [0.15, 0.2) is 5.96 Å². The van der Waals surface area contributed by atoms with Gasteiger partial charge in [0.25, 0.3) is 0 Å². The van der Waals surface area contributed by atoms with E-state index in [1.54, 1.807) is 26.3 Å². The van der Waals surface area contributed by atoms with E-state index in [9.17, 15) is 5.11 Å². The standard InChI is InChI=1S/C18H31N3O2.HI/c1-13(2)7-6-8-14(3)21-18(19-4)20-12-15-11-16(23-5)9-10-17(15)22;/h9-11,13-14,22H,6-8,12H2,1-5H3,(H2,19,20,21);1H. The SMILES string of the molecule is CN=C(NCc1cc(OC)ccc1O)NC(C)CCCC(C)C.I. The van der Waals surface area contributed by atoms with E-state index in [1.165, 1.54) is 12.8 Å². The van der Waals surface area contributed by atoms with Gasteiger partial charge in [0.2, 0.25) is 0 Å². The van der Waals surface area contributed by atoms with Crippen LogP contribution in [-0.4, -0.2) is 31.3 Å². The topological polar surface area (TPSA) is 65.9 Å². The monoisotopic (exact) mass is 449 g/mol. The number of aliphatic imine (C=N–C) groups is 1. The van der Waals surface area contributed by atoms with Crippen molar-refractivity contribution < 1.29 is 9.84 Å². The Morgan fingerprint density at radius 3 is 2.54 bits per heavy atom. The molecule has 0 aliphatic rings. The summed E-state index contributed by atoms with van der Waals surface area (Å²) >= 11 is 0. The van der Waals surface area contributed by atoms with E-state index in [0.29, 0.717) is 12.6 Å². The average Bonchev–Trinajstić information content (AvgIpc) is 2.52. The lowest BCUT2D eigenvalue weighted by molar-refractivity contribution is 0.410. The normalized spacial score (nSPS) is 12.5. The third-order valence-electron chi connectivity index (χ3n) is 3.76. The molecular weight excluding hydrogens is 417 g/mol. The summed E-state index contributed by atoms with van der Waals surface area (Å²) in [5, 5.41) is 16.5. The van der Waals surface area contributed by atoms with Gasteiger partial charge in [-0.3, -0.25) is 4.99 Å². The Hall–Kier alpha value is -1.18. The third kappa shape index (κ3) is 8.61. The molecule has 1 aromatic carbocycles. The molecule has 1 atom stereocenters. The lowest BCUT2D eigenvalue weighted by Gasteiger charge is -2.18. The summed E-state index contributed by atoms with van der Waals surface area (Å²) in [5.41, 5.74) is 0.778. The third-order valence-corrected chi connectivity index (χ3v) is 3.76. The van der Waals surface area contributed by atoms with E-state index in [-0.39, 0.29) is 29.7 Å². The maximum atomic E-state index is 9.91. The van der Waals surface area contributed by atoms with Crippen LogP contribution in [0.2, 0.25) is 0 Å². The Kier molecular flexibility index (Phi) is 11.6. The highest BCUT2D eigenvalue weighted by atomic mass is 127. The van der Waals surface area contributed by atoms with Crippen molar-refractivity contribution in [3.63, 3.8) is 0 Å². The quantitative estimate of drug-likeness (QED) is 0.320. The molecule has 0 aliphatic heterocycles. The summed E-state index contributed by atoms with van der Waals surface area (Å²) in [7, 11) is 3.37. The minimum atomic E-state index is 0. The fourth-order valence-electron chi connectivity index (χ4n) is 2.34. The van der Waals surface area contributed by atoms with Crippen molar-refractivity contribution in [1.82, 2.24) is 10.6 Å². The first kappa shape index (κ1) is 22.8. The molecule has 24 heavy (non-hydrogen) atoms. The van der Waals surface area contributed by atoms with Gasteiger partial charge in [0.1, 0.15) is 11.5 Å². The second-order valence-corrected chi connectivity index (χ2v) is 6.29. The first-order valence-electron chi connectivity index (χ1n) is 8.29. The van der Waals surface area contributed by atoms with Crippen LogP contribution in [-0.2, 0) is 6.54 Å². The molecule has 0 heterocycles. The number of nitrogens with zero attached hydrogens (tertiary/aromatic N) is 1. The molecule has 0 amide bonds. The fraction of sp³-hybridized carbons (Fsp3) is 0.611. The lowest BCUT2D eigenvalue weighted by atomic mass is 10.0. The summed E-state index contributed by atoms with van der Waals surface area (Å²) in [5.74, 6) is 2.46. The van der Waals surface area contributed by atoms with Crippen LogP contribution in [0.15, 0.2) is 23.2 Å². The zero-order valence-corrected chi connectivity index (χ0v) is 17.8. The summed E-state index contributed by atoms with van der Waals surface area (Å²) in [6, 6.07) is 5.56. The van der Waals surface area contributed by atoms with Crippen LogP contribution < -0.4 is 15.4 Å². The van der Waals surface area contributed by atoms with Gasteiger partial charge >= 0.3 is 0 Å². The highest BCUT2D eigenvalue weighted by Gasteiger charge is 2.08. The number of phenols is 1. The van der Waals surface area contributed by atoms with E-state index in [2.05, 4.69) is 36.4 Å². The molecule has 5 nitrogen and oxygen atoms in total. The Bertz CT molecular complexity index is 507. The van der Waals surface area contributed by atoms with Gasteiger partial charge in [-0.15, -0.1) is 24.0 Å². The van der Waals surface area contributed by atoms with Crippen molar-refractivity contribution in [3.05, 3.63) is 23.8 Å². The van der Waals surface area contributed by atoms with Crippen molar-refractivity contribution in [3.8, 4) is 11.5 Å². The van der Waals surface area contributed by atoms with Gasteiger partial charge < -0.3 is 20.5 Å². The maximum absolute atomic E-state index is 9.91. The predicted octanol–water partition coefficient (Wildman–Crippen LogP) is 3.90. The zero-order chi connectivity index (χ0) is 17.2. The zero-order valence-electron chi connectivity index (χ0n) is 15.4. The number of benzene rings is 1. The molecule has 1 unspecified atom stereocenters. The van der Waals surface area contributed by atoms with Crippen molar-refractivity contribution in [2.75, 3.05) is 14.2 Å². The Morgan fingerprint density at radius 1 is 1.25 bits per heavy atom. The number of guanidine groups is 1. The molecular formula is C18H32IN3O2. The van der Waals surface area contributed by atoms with Crippen LogP contribution in [0.1, 0.15) is 45.6 Å². The van der Waals surface area contributed by atoms with E-state index in [1.807, 2.05) is 6.07 Å². The Balaban J connectivity index is 0.00000529. The van der Waals surface area contributed by atoms with Gasteiger partial charge in [-0.25, -0.2) is 0 Å². The maximum Gasteiger partial charge on any atom is 0.191 e. The van der Waals surface area contributed by atoms with Crippen LogP contribution in [0.5, 0.6) is 11.5 Å². The number of nitrogens with one attached hydrogen (secondary N) is 2. The van der Waals surface area contributed by atoms with E-state index < -0.39 is 0 Å². The summed E-state index contributed by atoms with van der Waals surface area (Å²) in [6.45, 7) is 7.15. The Labute approximate surface area is 163 Å². The number of methoxy groups -OCH3 is 1. The van der Waals surface area contributed by atoms with Crippen LogP contribution in [0, 0.1) is 5.92 Å². The van der Waals surface area contributed by atoms with E-state index in [0.717, 1.165) is 29.6 Å². The lowest BCUT2D eigenvalue weighted by Crippen LogP contribution is -2.41. The number of halogens is 1. The molecule has 6 heteroatoms. The molecule has 1 aromatic rings. The van der Waals surface area contributed by atoms with Crippen LogP contribution in [0.3, 0.4) is 0 Å². The molecule has 1 rings (SSSR count). The molecule has 0 fully saturated rings. The number of aromatic hydroxyl groups is 1. The molecule has 0 saturated carbocycles. The largest absolute Gasteiger partial charge is 0.508 e. The first-order chi connectivity index (χ1) is 11.0. The van der Waals surface area contributed by atoms with Gasteiger partial charge in [-0.05, 0) is 37.5 Å². The fourth-order valence-corrected chi connectivity index (χ4v) is 2.34. The molecule has 0 bridgehead atoms. The number of phenolic OH excluding ortho intramolecular Hbond substituents is 1. The predicted molar refractivity (Wildman–Crippen MR) is 112 cm³/mol.